The quantitative estimate of drug-likeness (QED) is 0.884. The van der Waals surface area contributed by atoms with Crippen LogP contribution >= 0.6 is 0 Å². The van der Waals surface area contributed by atoms with Crippen molar-refractivity contribution in [2.75, 3.05) is 6.54 Å². The normalized spacial score (nSPS) is 20.2. The number of hydrogen-bond acceptors (Lipinski definition) is 2. The Morgan fingerprint density at radius 1 is 1.12 bits per heavy atom. The van der Waals surface area contributed by atoms with Crippen LogP contribution in [0.2, 0.25) is 0 Å². The smallest absolute Gasteiger partial charge is 0.219 e. The molecule has 0 bridgehead atoms. The van der Waals surface area contributed by atoms with Gasteiger partial charge in [-0.15, -0.1) is 0 Å². The van der Waals surface area contributed by atoms with Crippen LogP contribution in [0.5, 0.6) is 0 Å². The minimum absolute atomic E-state index is 0.000250. The molecule has 0 spiro atoms. The third-order valence-corrected chi connectivity index (χ3v) is 5.00. The van der Waals surface area contributed by atoms with Gasteiger partial charge in [0.05, 0.1) is 6.04 Å². The summed E-state index contributed by atoms with van der Waals surface area (Å²) in [4.78, 5) is 14.0. The van der Waals surface area contributed by atoms with E-state index in [2.05, 4.69) is 5.32 Å². The molecule has 1 amide bonds. The molecule has 138 valence electrons. The lowest BCUT2D eigenvalue weighted by Crippen LogP contribution is -2.56. The molecule has 0 saturated carbocycles. The van der Waals surface area contributed by atoms with Gasteiger partial charge >= 0.3 is 0 Å². The molecule has 2 aromatic rings. The fourth-order valence-corrected chi connectivity index (χ4v) is 3.70. The van der Waals surface area contributed by atoms with E-state index in [1.807, 2.05) is 11.0 Å². The standard InChI is InChI=1S/C21H24F2N2O/c1-15(26)25-11-3-6-20(24-14-17-4-2-5-19(23)12-17)21(25)13-16-7-9-18(22)10-8-16/h2,4-5,7-10,12,20-21,24H,3,6,11,13-14H2,1H3/t20-,21-/m0/s1. The number of piperidine rings is 1. The predicted octanol–water partition coefficient (Wildman–Crippen LogP) is 3.68. The Labute approximate surface area is 153 Å². The van der Waals surface area contributed by atoms with E-state index in [1.54, 1.807) is 25.1 Å². The molecule has 3 nitrogen and oxygen atoms in total. The summed E-state index contributed by atoms with van der Waals surface area (Å²) in [6.07, 6.45) is 2.55. The van der Waals surface area contributed by atoms with Crippen molar-refractivity contribution in [2.24, 2.45) is 0 Å². The van der Waals surface area contributed by atoms with E-state index in [-0.39, 0.29) is 29.6 Å². The number of rotatable bonds is 5. The van der Waals surface area contributed by atoms with Gasteiger partial charge in [-0.3, -0.25) is 4.79 Å². The third-order valence-electron chi connectivity index (χ3n) is 5.00. The minimum atomic E-state index is -0.262. The number of hydrogen-bond donors (Lipinski definition) is 1. The zero-order chi connectivity index (χ0) is 18.5. The molecule has 1 aliphatic heterocycles. The first-order valence-corrected chi connectivity index (χ1v) is 9.02. The zero-order valence-corrected chi connectivity index (χ0v) is 14.9. The number of amides is 1. The van der Waals surface area contributed by atoms with Crippen LogP contribution < -0.4 is 5.32 Å². The molecule has 1 aliphatic rings. The van der Waals surface area contributed by atoms with Crippen LogP contribution in [0.25, 0.3) is 0 Å². The Bertz CT molecular complexity index is 748. The molecule has 3 rings (SSSR count). The number of likely N-dealkylation sites (tertiary alicyclic amines) is 1. The topological polar surface area (TPSA) is 32.3 Å². The molecule has 0 radical (unpaired) electrons. The van der Waals surface area contributed by atoms with Gasteiger partial charge in [-0.2, -0.15) is 0 Å². The summed E-state index contributed by atoms with van der Waals surface area (Å²) in [6, 6.07) is 13.1. The summed E-state index contributed by atoms with van der Waals surface area (Å²) in [5.41, 5.74) is 1.88. The highest BCUT2D eigenvalue weighted by molar-refractivity contribution is 5.73. The first-order valence-electron chi connectivity index (χ1n) is 9.02. The van der Waals surface area contributed by atoms with Crippen LogP contribution in [0.1, 0.15) is 30.9 Å². The SMILES string of the molecule is CC(=O)N1CCC[C@H](NCc2cccc(F)c2)[C@@H]1Cc1ccc(F)cc1. The van der Waals surface area contributed by atoms with E-state index >= 15 is 0 Å². The van der Waals surface area contributed by atoms with Gasteiger partial charge < -0.3 is 10.2 Å². The van der Waals surface area contributed by atoms with Gasteiger partial charge in [-0.1, -0.05) is 24.3 Å². The van der Waals surface area contributed by atoms with Crippen LogP contribution in [-0.4, -0.2) is 29.4 Å². The second kappa shape index (κ2) is 8.41. The molecule has 1 fully saturated rings. The Morgan fingerprint density at radius 3 is 2.58 bits per heavy atom. The Balaban J connectivity index is 1.74. The van der Waals surface area contributed by atoms with E-state index in [9.17, 15) is 13.6 Å². The molecule has 2 aromatic carbocycles. The van der Waals surface area contributed by atoms with E-state index in [0.717, 1.165) is 30.5 Å². The molecule has 2 atom stereocenters. The average Bonchev–Trinajstić information content (AvgIpc) is 2.62. The largest absolute Gasteiger partial charge is 0.338 e. The summed E-state index contributed by atoms with van der Waals surface area (Å²) in [7, 11) is 0. The Kier molecular flexibility index (Phi) is 5.99. The zero-order valence-electron chi connectivity index (χ0n) is 14.9. The fraction of sp³-hybridized carbons (Fsp3) is 0.381. The molecular weight excluding hydrogens is 334 g/mol. The van der Waals surface area contributed by atoms with Crippen LogP contribution in [0.3, 0.4) is 0 Å². The summed E-state index contributed by atoms with van der Waals surface area (Å²) in [6.45, 7) is 2.88. The number of halogens is 2. The maximum atomic E-state index is 13.4. The number of nitrogens with zero attached hydrogens (tertiary/aromatic N) is 1. The summed E-state index contributed by atoms with van der Waals surface area (Å²) in [5.74, 6) is -0.461. The van der Waals surface area contributed by atoms with Crippen molar-refractivity contribution in [1.82, 2.24) is 10.2 Å². The average molecular weight is 358 g/mol. The predicted molar refractivity (Wildman–Crippen MR) is 97.5 cm³/mol. The molecule has 26 heavy (non-hydrogen) atoms. The van der Waals surface area contributed by atoms with E-state index in [1.165, 1.54) is 24.3 Å². The first kappa shape index (κ1) is 18.5. The van der Waals surface area contributed by atoms with Crippen molar-refractivity contribution in [3.63, 3.8) is 0 Å². The number of carbonyl (C=O) groups excluding carboxylic acids is 1. The highest BCUT2D eigenvalue weighted by Gasteiger charge is 2.32. The van der Waals surface area contributed by atoms with Crippen molar-refractivity contribution in [3.05, 3.63) is 71.3 Å². The van der Waals surface area contributed by atoms with Crippen LogP contribution in [-0.2, 0) is 17.8 Å². The van der Waals surface area contributed by atoms with Crippen molar-refractivity contribution in [2.45, 2.75) is 44.8 Å². The van der Waals surface area contributed by atoms with Gasteiger partial charge in [0.2, 0.25) is 5.91 Å². The molecule has 5 heteroatoms. The maximum Gasteiger partial charge on any atom is 0.219 e. The van der Waals surface area contributed by atoms with E-state index < -0.39 is 0 Å². The van der Waals surface area contributed by atoms with Crippen LogP contribution in [0.15, 0.2) is 48.5 Å². The van der Waals surface area contributed by atoms with Crippen LogP contribution in [0.4, 0.5) is 8.78 Å². The van der Waals surface area contributed by atoms with Gasteiger partial charge in [-0.25, -0.2) is 8.78 Å². The molecular formula is C21H24F2N2O. The Hall–Kier alpha value is -2.27. The molecule has 1 N–H and O–H groups in total. The Morgan fingerprint density at radius 2 is 1.88 bits per heavy atom. The molecule has 0 aliphatic carbocycles. The van der Waals surface area contributed by atoms with Gasteiger partial charge in [0.25, 0.3) is 0 Å². The van der Waals surface area contributed by atoms with Gasteiger partial charge in [-0.05, 0) is 54.7 Å². The lowest BCUT2D eigenvalue weighted by atomic mass is 9.90. The van der Waals surface area contributed by atoms with Gasteiger partial charge in [0.15, 0.2) is 0 Å². The highest BCUT2D eigenvalue weighted by atomic mass is 19.1. The van der Waals surface area contributed by atoms with E-state index in [0.29, 0.717) is 13.0 Å². The third kappa shape index (κ3) is 4.67. The number of nitrogens with one attached hydrogen (secondary N) is 1. The lowest BCUT2D eigenvalue weighted by molar-refractivity contribution is -0.133. The monoisotopic (exact) mass is 358 g/mol. The number of benzene rings is 2. The van der Waals surface area contributed by atoms with E-state index in [4.69, 9.17) is 0 Å². The fourth-order valence-electron chi connectivity index (χ4n) is 3.70. The molecule has 0 aromatic heterocycles. The van der Waals surface area contributed by atoms with Crippen molar-refractivity contribution >= 4 is 5.91 Å². The summed E-state index contributed by atoms with van der Waals surface area (Å²) < 4.78 is 26.6. The first-order chi connectivity index (χ1) is 12.5. The number of carbonyl (C=O) groups is 1. The van der Waals surface area contributed by atoms with Crippen molar-refractivity contribution < 1.29 is 13.6 Å². The van der Waals surface area contributed by atoms with Gasteiger partial charge in [0, 0.05) is 26.1 Å². The van der Waals surface area contributed by atoms with Gasteiger partial charge in [0.1, 0.15) is 11.6 Å². The van der Waals surface area contributed by atoms with Crippen molar-refractivity contribution in [1.29, 1.82) is 0 Å². The van der Waals surface area contributed by atoms with Crippen LogP contribution in [0, 0.1) is 11.6 Å². The highest BCUT2D eigenvalue weighted by Crippen LogP contribution is 2.22. The van der Waals surface area contributed by atoms with Crippen molar-refractivity contribution in [3.8, 4) is 0 Å². The summed E-state index contributed by atoms with van der Waals surface area (Å²) in [5, 5.41) is 3.50. The molecule has 1 heterocycles. The maximum absolute atomic E-state index is 13.4. The molecule has 0 unspecified atom stereocenters. The summed E-state index contributed by atoms with van der Waals surface area (Å²) >= 11 is 0. The second-order valence-corrected chi connectivity index (χ2v) is 6.87. The molecule has 1 saturated heterocycles. The lowest BCUT2D eigenvalue weighted by Gasteiger charge is -2.41. The second-order valence-electron chi connectivity index (χ2n) is 6.87. The minimum Gasteiger partial charge on any atom is -0.338 e.